The van der Waals surface area contributed by atoms with Crippen molar-refractivity contribution in [2.24, 2.45) is 0 Å². The van der Waals surface area contributed by atoms with E-state index in [-0.39, 0.29) is 11.9 Å². The van der Waals surface area contributed by atoms with Crippen molar-refractivity contribution in [2.45, 2.75) is 32.9 Å². The lowest BCUT2D eigenvalue weighted by Crippen LogP contribution is -2.49. The maximum absolute atomic E-state index is 12.9. The molecule has 1 amide bonds. The molecule has 2 aromatic carbocycles. The molecule has 3 aromatic rings. The van der Waals surface area contributed by atoms with Crippen LogP contribution in [0, 0.1) is 11.7 Å². The molecule has 1 saturated heterocycles. The number of piperazine rings is 1. The van der Waals surface area contributed by atoms with Crippen molar-refractivity contribution in [1.29, 1.82) is 0 Å². The molecule has 2 heterocycles. The summed E-state index contributed by atoms with van der Waals surface area (Å²) in [5.41, 5.74) is 3.30. The number of amides is 1. The fourth-order valence-electron chi connectivity index (χ4n) is 4.18. The zero-order chi connectivity index (χ0) is 22.7. The summed E-state index contributed by atoms with van der Waals surface area (Å²) in [4.78, 5) is 17.2. The second kappa shape index (κ2) is 9.98. The van der Waals surface area contributed by atoms with Gasteiger partial charge >= 0.3 is 0 Å². The van der Waals surface area contributed by atoms with Crippen LogP contribution in [0.25, 0.3) is 11.4 Å². The minimum absolute atomic E-state index is 0.146. The molecule has 0 bridgehead atoms. The fourth-order valence-corrected chi connectivity index (χ4v) is 4.70. The summed E-state index contributed by atoms with van der Waals surface area (Å²) in [7, 11) is 0. The Morgan fingerprint density at radius 2 is 1.81 bits per heavy atom. The average Bonchev–Trinajstić information content (AvgIpc) is 3.18. The monoisotopic (exact) mass is 469 g/mol. The molecule has 1 aromatic heterocycles. The number of carbonyl (C=O) groups excluding carboxylic acids is 1. The first kappa shape index (κ1) is 22.7. The molecule has 32 heavy (non-hydrogen) atoms. The molecular formula is C24H28ClN5OS. The Hall–Kier alpha value is -2.48. The number of nitrogens with zero attached hydrogens (tertiary/aromatic N) is 4. The quantitative estimate of drug-likeness (QED) is 0.523. The molecule has 0 saturated carbocycles. The van der Waals surface area contributed by atoms with Gasteiger partial charge < -0.3 is 4.90 Å². The molecule has 6 nitrogen and oxygen atoms in total. The Kier molecular flexibility index (Phi) is 7.08. The molecule has 1 atom stereocenters. The number of aromatic amines is 1. The third-order valence-corrected chi connectivity index (χ3v) is 6.84. The molecule has 4 rings (SSSR count). The van der Waals surface area contributed by atoms with Gasteiger partial charge in [0.15, 0.2) is 10.6 Å². The summed E-state index contributed by atoms with van der Waals surface area (Å²) in [5, 5.41) is 8.03. The lowest BCUT2D eigenvalue weighted by molar-refractivity contribution is -0.133. The molecule has 8 heteroatoms. The van der Waals surface area contributed by atoms with Gasteiger partial charge in [0, 0.05) is 55.8 Å². The highest BCUT2D eigenvalue weighted by molar-refractivity contribution is 7.71. The Morgan fingerprint density at radius 3 is 2.50 bits per heavy atom. The third-order valence-electron chi connectivity index (χ3n) is 6.19. The SMILES string of the molecule is Cc1ccc(-c2n[nH]c(=S)n2CCC(=O)N2CCN(C(C)c3ccccc3Cl)CC2)cc1. The number of carbonyl (C=O) groups is 1. The van der Waals surface area contributed by atoms with Crippen molar-refractivity contribution < 1.29 is 4.79 Å². The Labute approximate surface area is 198 Å². The molecular weight excluding hydrogens is 442 g/mol. The summed E-state index contributed by atoms with van der Waals surface area (Å²) in [5.74, 6) is 0.911. The number of nitrogens with one attached hydrogen (secondary N) is 1. The summed E-state index contributed by atoms with van der Waals surface area (Å²) in [6.45, 7) is 7.83. The maximum Gasteiger partial charge on any atom is 0.224 e. The molecule has 1 aliphatic rings. The van der Waals surface area contributed by atoms with Crippen LogP contribution in [0.5, 0.6) is 0 Å². The van der Waals surface area contributed by atoms with Gasteiger partial charge in [0.1, 0.15) is 0 Å². The lowest BCUT2D eigenvalue weighted by atomic mass is 10.1. The first-order chi connectivity index (χ1) is 15.4. The zero-order valence-corrected chi connectivity index (χ0v) is 20.0. The zero-order valence-electron chi connectivity index (χ0n) is 18.4. The molecule has 1 N–H and O–H groups in total. The van der Waals surface area contributed by atoms with Crippen molar-refractivity contribution >= 4 is 29.7 Å². The summed E-state index contributed by atoms with van der Waals surface area (Å²) in [6, 6.07) is 16.3. The normalized spacial score (nSPS) is 15.7. The molecule has 0 aliphatic carbocycles. The van der Waals surface area contributed by atoms with E-state index < -0.39 is 0 Å². The van der Waals surface area contributed by atoms with Gasteiger partial charge in [-0.1, -0.05) is 59.6 Å². The van der Waals surface area contributed by atoms with Crippen LogP contribution in [0.1, 0.15) is 30.5 Å². The van der Waals surface area contributed by atoms with Crippen LogP contribution in [0.2, 0.25) is 5.02 Å². The lowest BCUT2D eigenvalue weighted by Gasteiger charge is -2.38. The van der Waals surface area contributed by atoms with E-state index >= 15 is 0 Å². The van der Waals surface area contributed by atoms with Gasteiger partial charge in [0.2, 0.25) is 5.91 Å². The van der Waals surface area contributed by atoms with Crippen molar-refractivity contribution in [3.8, 4) is 11.4 Å². The van der Waals surface area contributed by atoms with Gasteiger partial charge in [-0.15, -0.1) is 0 Å². The Balaban J connectivity index is 1.34. The summed E-state index contributed by atoms with van der Waals surface area (Å²) < 4.78 is 2.44. The van der Waals surface area contributed by atoms with Crippen LogP contribution in [-0.4, -0.2) is 56.7 Å². The average molecular weight is 470 g/mol. The number of hydrogen-bond donors (Lipinski definition) is 1. The number of H-pyrrole nitrogens is 1. The van der Waals surface area contributed by atoms with E-state index in [1.165, 1.54) is 5.56 Å². The minimum atomic E-state index is 0.146. The van der Waals surface area contributed by atoms with E-state index in [9.17, 15) is 4.79 Å². The molecule has 1 unspecified atom stereocenters. The van der Waals surface area contributed by atoms with Crippen molar-refractivity contribution in [2.75, 3.05) is 26.2 Å². The molecule has 168 valence electrons. The Bertz CT molecular complexity index is 1130. The van der Waals surface area contributed by atoms with Crippen LogP contribution < -0.4 is 0 Å². The third kappa shape index (κ3) is 4.95. The van der Waals surface area contributed by atoms with Crippen LogP contribution in [0.15, 0.2) is 48.5 Å². The number of benzene rings is 2. The van der Waals surface area contributed by atoms with E-state index in [1.807, 2.05) is 51.9 Å². The van der Waals surface area contributed by atoms with Crippen LogP contribution in [0.3, 0.4) is 0 Å². The second-order valence-corrected chi connectivity index (χ2v) is 9.03. The van der Waals surface area contributed by atoms with Gasteiger partial charge in [-0.2, -0.15) is 5.10 Å². The largest absolute Gasteiger partial charge is 0.340 e. The van der Waals surface area contributed by atoms with Gasteiger partial charge in [-0.3, -0.25) is 19.4 Å². The molecule has 0 spiro atoms. The highest BCUT2D eigenvalue weighted by Gasteiger charge is 2.25. The van der Waals surface area contributed by atoms with Crippen LogP contribution in [0.4, 0.5) is 0 Å². The van der Waals surface area contributed by atoms with Gasteiger partial charge in [-0.05, 0) is 37.7 Å². The smallest absolute Gasteiger partial charge is 0.224 e. The maximum atomic E-state index is 12.9. The molecule has 1 fully saturated rings. The van der Waals surface area contributed by atoms with Crippen LogP contribution >= 0.6 is 23.8 Å². The highest BCUT2D eigenvalue weighted by atomic mass is 35.5. The van der Waals surface area contributed by atoms with Gasteiger partial charge in [-0.25, -0.2) is 0 Å². The topological polar surface area (TPSA) is 57.2 Å². The van der Waals surface area contributed by atoms with Crippen LogP contribution in [-0.2, 0) is 11.3 Å². The van der Waals surface area contributed by atoms with Crippen molar-refractivity contribution in [1.82, 2.24) is 24.6 Å². The fraction of sp³-hybridized carbons (Fsp3) is 0.375. The predicted molar refractivity (Wildman–Crippen MR) is 130 cm³/mol. The number of halogens is 1. The number of aryl methyl sites for hydroxylation is 1. The number of rotatable bonds is 6. The summed E-state index contributed by atoms with van der Waals surface area (Å²) >= 11 is 11.8. The number of hydrogen-bond acceptors (Lipinski definition) is 4. The van der Waals surface area contributed by atoms with Crippen molar-refractivity contribution in [3.05, 3.63) is 69.5 Å². The van der Waals surface area contributed by atoms with E-state index in [4.69, 9.17) is 23.8 Å². The minimum Gasteiger partial charge on any atom is -0.340 e. The van der Waals surface area contributed by atoms with E-state index in [0.29, 0.717) is 17.7 Å². The standard InChI is InChI=1S/C24H28ClN5OS/c1-17-7-9-19(10-8-17)23-26-27-24(32)30(23)12-11-22(31)29-15-13-28(14-16-29)18(2)20-5-3-4-6-21(20)25/h3-10,18H,11-16H2,1-2H3,(H,27,32). The Morgan fingerprint density at radius 1 is 1.12 bits per heavy atom. The van der Waals surface area contributed by atoms with E-state index in [0.717, 1.165) is 48.2 Å². The van der Waals surface area contributed by atoms with E-state index in [2.05, 4.69) is 35.0 Å². The first-order valence-corrected chi connectivity index (χ1v) is 11.7. The van der Waals surface area contributed by atoms with Gasteiger partial charge in [0.25, 0.3) is 0 Å². The van der Waals surface area contributed by atoms with E-state index in [1.54, 1.807) is 0 Å². The van der Waals surface area contributed by atoms with Gasteiger partial charge in [0.05, 0.1) is 0 Å². The highest BCUT2D eigenvalue weighted by Crippen LogP contribution is 2.28. The first-order valence-electron chi connectivity index (χ1n) is 10.9. The molecule has 0 radical (unpaired) electrons. The summed E-state index contributed by atoms with van der Waals surface area (Å²) in [6.07, 6.45) is 0.396. The number of aromatic nitrogens is 3. The molecule has 1 aliphatic heterocycles. The second-order valence-electron chi connectivity index (χ2n) is 8.23. The van der Waals surface area contributed by atoms with Crippen molar-refractivity contribution in [3.63, 3.8) is 0 Å². The predicted octanol–water partition coefficient (Wildman–Crippen LogP) is 4.87.